The van der Waals surface area contributed by atoms with Gasteiger partial charge in [0.25, 0.3) is 5.91 Å². The number of urea groups is 1. The summed E-state index contributed by atoms with van der Waals surface area (Å²) in [6.07, 6.45) is 0. The predicted octanol–water partition coefficient (Wildman–Crippen LogP) is 1.56. The molecule has 3 heterocycles. The molecule has 3 atom stereocenters. The number of fused-ring (bicyclic) bond motifs is 1. The molecule has 2 fully saturated rings. The second-order valence-electron chi connectivity index (χ2n) is 7.67. The molecule has 2 saturated heterocycles. The second-order valence-corrected chi connectivity index (χ2v) is 7.67. The Morgan fingerprint density at radius 3 is 2.68 bits per heavy atom. The van der Waals surface area contributed by atoms with Crippen LogP contribution >= 0.6 is 0 Å². The minimum absolute atomic E-state index is 0.0370. The summed E-state index contributed by atoms with van der Waals surface area (Å²) in [5.74, 6) is -0.0708. The fourth-order valence-electron chi connectivity index (χ4n) is 4.40. The summed E-state index contributed by atoms with van der Waals surface area (Å²) in [5, 5.41) is 6.47. The van der Waals surface area contributed by atoms with E-state index < -0.39 is 0 Å². The van der Waals surface area contributed by atoms with Gasteiger partial charge in [-0.1, -0.05) is 12.1 Å². The number of amides is 3. The Balaban J connectivity index is 1.62. The van der Waals surface area contributed by atoms with Crippen LogP contribution in [0.2, 0.25) is 0 Å². The Kier molecular flexibility index (Phi) is 4.44. The van der Waals surface area contributed by atoms with Crippen molar-refractivity contribution in [3.8, 4) is 0 Å². The van der Waals surface area contributed by atoms with Gasteiger partial charge in [-0.3, -0.25) is 9.89 Å². The van der Waals surface area contributed by atoms with Crippen molar-refractivity contribution in [1.82, 2.24) is 24.9 Å². The lowest BCUT2D eigenvalue weighted by atomic mass is 9.89. The maximum absolute atomic E-state index is 13.9. The van der Waals surface area contributed by atoms with Gasteiger partial charge in [-0.2, -0.15) is 5.10 Å². The molecule has 3 N–H and O–H groups in total. The molecule has 148 valence electrons. The van der Waals surface area contributed by atoms with E-state index in [9.17, 15) is 14.0 Å². The summed E-state index contributed by atoms with van der Waals surface area (Å²) < 4.78 is 13.9. The minimum atomic E-state index is -0.336. The lowest BCUT2D eigenvalue weighted by molar-refractivity contribution is 0.0760. The topological polar surface area (TPSA) is 98.6 Å². The highest BCUT2D eigenvalue weighted by atomic mass is 19.1. The van der Waals surface area contributed by atoms with E-state index in [1.165, 1.54) is 23.1 Å². The van der Waals surface area contributed by atoms with Crippen LogP contribution in [-0.4, -0.2) is 70.6 Å². The summed E-state index contributed by atoms with van der Waals surface area (Å²) in [5.41, 5.74) is 6.70. The van der Waals surface area contributed by atoms with Gasteiger partial charge in [0.1, 0.15) is 17.3 Å². The maximum atomic E-state index is 13.9. The molecule has 0 bridgehead atoms. The molecule has 0 radical (unpaired) electrons. The zero-order valence-corrected chi connectivity index (χ0v) is 15.8. The number of anilines is 1. The molecule has 1 aromatic carbocycles. The number of carbonyl (C=O) groups excluding carboxylic acids is 2. The molecule has 0 unspecified atom stereocenters. The van der Waals surface area contributed by atoms with Gasteiger partial charge in [0.05, 0.1) is 6.04 Å². The number of likely N-dealkylation sites (tertiary alicyclic amines) is 2. The van der Waals surface area contributed by atoms with Gasteiger partial charge in [0.2, 0.25) is 0 Å². The molecule has 0 spiro atoms. The average Bonchev–Trinajstić information content (AvgIpc) is 3.34. The summed E-state index contributed by atoms with van der Waals surface area (Å²) in [6.45, 7) is 1.55. The highest BCUT2D eigenvalue weighted by molar-refractivity contribution is 5.93. The minimum Gasteiger partial charge on any atom is -0.382 e. The van der Waals surface area contributed by atoms with Crippen molar-refractivity contribution in [2.24, 2.45) is 11.8 Å². The second kappa shape index (κ2) is 6.81. The van der Waals surface area contributed by atoms with E-state index in [-0.39, 0.29) is 41.5 Å². The van der Waals surface area contributed by atoms with E-state index in [1.807, 2.05) is 6.07 Å². The Morgan fingerprint density at radius 2 is 2.04 bits per heavy atom. The SMILES string of the molecule is CN(C)C(=O)N1C[C@H]2CN(C(=O)c3cc(N)n[nH]3)C[C@H]2[C@@H]1c1cccc(F)c1. The molecule has 0 aliphatic carbocycles. The zero-order chi connectivity index (χ0) is 20.0. The van der Waals surface area contributed by atoms with Gasteiger partial charge in [0.15, 0.2) is 0 Å². The number of hydrogen-bond donors (Lipinski definition) is 2. The highest BCUT2D eigenvalue weighted by Crippen LogP contribution is 2.45. The van der Waals surface area contributed by atoms with E-state index >= 15 is 0 Å². The Hall–Kier alpha value is -3.10. The number of nitrogens with one attached hydrogen (secondary N) is 1. The van der Waals surface area contributed by atoms with Gasteiger partial charge < -0.3 is 20.4 Å². The first kappa shape index (κ1) is 18.3. The molecule has 28 heavy (non-hydrogen) atoms. The smallest absolute Gasteiger partial charge is 0.320 e. The predicted molar refractivity (Wildman–Crippen MR) is 101 cm³/mol. The zero-order valence-electron chi connectivity index (χ0n) is 15.8. The molecule has 9 heteroatoms. The van der Waals surface area contributed by atoms with E-state index in [4.69, 9.17) is 5.73 Å². The molecule has 1 aromatic heterocycles. The normalized spacial score (nSPS) is 23.8. The van der Waals surface area contributed by atoms with Gasteiger partial charge in [-0.15, -0.1) is 0 Å². The van der Waals surface area contributed by atoms with Crippen LogP contribution in [0, 0.1) is 17.7 Å². The third kappa shape index (κ3) is 3.06. The fourth-order valence-corrected chi connectivity index (χ4v) is 4.40. The average molecular weight is 386 g/mol. The largest absolute Gasteiger partial charge is 0.382 e. The van der Waals surface area contributed by atoms with Gasteiger partial charge in [-0.25, -0.2) is 9.18 Å². The number of benzene rings is 1. The van der Waals surface area contributed by atoms with Crippen LogP contribution in [0.4, 0.5) is 15.0 Å². The molecule has 8 nitrogen and oxygen atoms in total. The highest BCUT2D eigenvalue weighted by Gasteiger charge is 2.50. The first-order valence-electron chi connectivity index (χ1n) is 9.18. The van der Waals surface area contributed by atoms with Crippen LogP contribution in [0.25, 0.3) is 0 Å². The summed E-state index contributed by atoms with van der Waals surface area (Å²) >= 11 is 0. The number of halogens is 1. The van der Waals surface area contributed by atoms with Gasteiger partial charge in [-0.05, 0) is 17.7 Å². The standard InChI is InChI=1S/C19H23FN6O2/c1-24(2)19(28)26-9-12-8-25(18(27)15-7-16(21)23-22-15)10-14(12)17(26)11-4-3-5-13(20)6-11/h3-7,12,14,17H,8-10H2,1-2H3,(H3,21,22,23)/t12-,14-,17+/m1/s1. The van der Waals surface area contributed by atoms with Crippen molar-refractivity contribution >= 4 is 17.8 Å². The van der Waals surface area contributed by atoms with Crippen molar-refractivity contribution < 1.29 is 14.0 Å². The van der Waals surface area contributed by atoms with Crippen molar-refractivity contribution in [1.29, 1.82) is 0 Å². The van der Waals surface area contributed by atoms with Gasteiger partial charge in [0, 0.05) is 51.6 Å². The van der Waals surface area contributed by atoms with Crippen LogP contribution in [0.3, 0.4) is 0 Å². The molecule has 2 aliphatic rings. The third-order valence-corrected chi connectivity index (χ3v) is 5.60. The molecule has 2 aromatic rings. The Bertz CT molecular complexity index is 913. The summed E-state index contributed by atoms with van der Waals surface area (Å²) in [7, 11) is 3.41. The third-order valence-electron chi connectivity index (χ3n) is 5.60. The number of aromatic amines is 1. The van der Waals surface area contributed by atoms with E-state index in [0.717, 1.165) is 5.56 Å². The fraction of sp³-hybridized carbons (Fsp3) is 0.421. The molecule has 3 amide bonds. The van der Waals surface area contributed by atoms with Crippen LogP contribution in [0.15, 0.2) is 30.3 Å². The van der Waals surface area contributed by atoms with Crippen LogP contribution in [0.1, 0.15) is 22.1 Å². The van der Waals surface area contributed by atoms with E-state index in [2.05, 4.69) is 10.2 Å². The van der Waals surface area contributed by atoms with Crippen molar-refractivity contribution in [3.05, 3.63) is 47.4 Å². The summed E-state index contributed by atoms with van der Waals surface area (Å²) in [6, 6.07) is 7.49. The number of rotatable bonds is 2. The van der Waals surface area contributed by atoms with E-state index in [1.54, 1.807) is 30.0 Å². The van der Waals surface area contributed by atoms with Gasteiger partial charge >= 0.3 is 6.03 Å². The van der Waals surface area contributed by atoms with E-state index in [0.29, 0.717) is 25.3 Å². The van der Waals surface area contributed by atoms with Crippen molar-refractivity contribution in [2.75, 3.05) is 39.5 Å². The quantitative estimate of drug-likeness (QED) is 0.818. The first-order chi connectivity index (χ1) is 13.3. The lowest BCUT2D eigenvalue weighted by Crippen LogP contribution is -2.42. The Morgan fingerprint density at radius 1 is 1.25 bits per heavy atom. The maximum Gasteiger partial charge on any atom is 0.320 e. The van der Waals surface area contributed by atoms with Crippen LogP contribution in [0.5, 0.6) is 0 Å². The number of nitrogens with zero attached hydrogens (tertiary/aromatic N) is 4. The molecular weight excluding hydrogens is 363 g/mol. The van der Waals surface area contributed by atoms with Crippen LogP contribution < -0.4 is 5.73 Å². The molecule has 0 saturated carbocycles. The molecular formula is C19H23FN6O2. The number of nitrogen functional groups attached to an aromatic ring is 1. The molecule has 4 rings (SSSR count). The monoisotopic (exact) mass is 386 g/mol. The molecule has 2 aliphatic heterocycles. The van der Waals surface area contributed by atoms with Crippen molar-refractivity contribution in [3.63, 3.8) is 0 Å². The number of nitrogens with two attached hydrogens (primary N) is 1. The number of hydrogen-bond acceptors (Lipinski definition) is 4. The number of H-pyrrole nitrogens is 1. The van der Waals surface area contributed by atoms with Crippen molar-refractivity contribution in [2.45, 2.75) is 6.04 Å². The Labute approximate surface area is 162 Å². The lowest BCUT2D eigenvalue weighted by Gasteiger charge is -2.31. The number of aromatic nitrogens is 2. The number of carbonyl (C=O) groups is 2. The first-order valence-corrected chi connectivity index (χ1v) is 9.18. The van der Waals surface area contributed by atoms with Crippen LogP contribution in [-0.2, 0) is 0 Å². The summed E-state index contributed by atoms with van der Waals surface area (Å²) in [4.78, 5) is 30.6.